The Labute approximate surface area is 101 Å². The monoisotopic (exact) mass is 294 g/mol. The van der Waals surface area contributed by atoms with Crippen LogP contribution in [0.3, 0.4) is 0 Å². The summed E-state index contributed by atoms with van der Waals surface area (Å²) in [5, 5.41) is 10.5. The van der Waals surface area contributed by atoms with Gasteiger partial charge < -0.3 is 5.11 Å². The van der Waals surface area contributed by atoms with Gasteiger partial charge in [-0.15, -0.1) is 11.3 Å². The van der Waals surface area contributed by atoms with Crippen LogP contribution in [-0.2, 0) is 5.60 Å². The van der Waals surface area contributed by atoms with Crippen molar-refractivity contribution in [2.45, 2.75) is 36.1 Å². The van der Waals surface area contributed by atoms with E-state index in [0.29, 0.717) is 0 Å². The third kappa shape index (κ3) is 1.87. The molecule has 1 heterocycles. The third-order valence-corrected chi connectivity index (χ3v) is 5.40. The highest BCUT2D eigenvalue weighted by Crippen LogP contribution is 2.44. The minimum atomic E-state index is -0.698. The quantitative estimate of drug-likeness (QED) is 0.778. The van der Waals surface area contributed by atoms with Crippen LogP contribution in [-0.4, -0.2) is 9.93 Å². The van der Waals surface area contributed by atoms with Gasteiger partial charge in [-0.25, -0.2) is 0 Å². The van der Waals surface area contributed by atoms with Crippen LogP contribution >= 0.6 is 38.9 Å². The van der Waals surface area contributed by atoms with Gasteiger partial charge in [0.2, 0.25) is 0 Å². The molecule has 0 bridgehead atoms. The molecule has 1 saturated carbocycles. The van der Waals surface area contributed by atoms with Crippen molar-refractivity contribution in [2.24, 2.45) is 0 Å². The van der Waals surface area contributed by atoms with E-state index in [2.05, 4.69) is 15.9 Å². The molecule has 1 aliphatic rings. The minimum Gasteiger partial charge on any atom is -0.383 e. The van der Waals surface area contributed by atoms with E-state index in [-0.39, 0.29) is 4.83 Å². The van der Waals surface area contributed by atoms with E-state index < -0.39 is 5.60 Å². The molecule has 0 radical (unpaired) electrons. The fourth-order valence-corrected chi connectivity index (χ4v) is 4.10. The van der Waals surface area contributed by atoms with E-state index in [9.17, 15) is 5.11 Å². The van der Waals surface area contributed by atoms with E-state index in [4.69, 9.17) is 11.6 Å². The Bertz CT molecular complexity index is 328. The molecule has 1 aromatic heterocycles. The van der Waals surface area contributed by atoms with Crippen molar-refractivity contribution in [3.8, 4) is 0 Å². The molecule has 1 N–H and O–H groups in total. The fourth-order valence-electron chi connectivity index (χ4n) is 1.94. The molecule has 0 aliphatic heterocycles. The number of halogens is 2. The average Bonchev–Trinajstić information content (AvgIpc) is 2.58. The number of alkyl halides is 1. The summed E-state index contributed by atoms with van der Waals surface area (Å²) in [6.07, 6.45) is 4.15. The normalized spacial score (nSPS) is 33.2. The Kier molecular flexibility index (Phi) is 3.22. The molecule has 1 aliphatic carbocycles. The predicted octanol–water partition coefficient (Wildman–Crippen LogP) is 3.93. The number of hydrogen-bond donors (Lipinski definition) is 1. The predicted molar refractivity (Wildman–Crippen MR) is 64.4 cm³/mol. The first-order chi connectivity index (χ1) is 6.63. The van der Waals surface area contributed by atoms with E-state index in [1.165, 1.54) is 17.8 Å². The maximum atomic E-state index is 10.5. The second kappa shape index (κ2) is 4.12. The van der Waals surface area contributed by atoms with Crippen molar-refractivity contribution >= 4 is 38.9 Å². The highest BCUT2D eigenvalue weighted by molar-refractivity contribution is 9.09. The maximum Gasteiger partial charge on any atom is 0.111 e. The lowest BCUT2D eigenvalue weighted by Crippen LogP contribution is -2.37. The molecular weight excluding hydrogens is 284 g/mol. The zero-order valence-electron chi connectivity index (χ0n) is 7.67. The molecule has 1 aromatic rings. The van der Waals surface area contributed by atoms with E-state index in [1.807, 2.05) is 12.1 Å². The molecule has 0 amide bonds. The second-order valence-corrected chi connectivity index (χ2v) is 6.56. The van der Waals surface area contributed by atoms with Crippen LogP contribution in [0.4, 0.5) is 0 Å². The van der Waals surface area contributed by atoms with Gasteiger partial charge in [0, 0.05) is 9.70 Å². The van der Waals surface area contributed by atoms with Gasteiger partial charge in [0.25, 0.3) is 0 Å². The highest BCUT2D eigenvalue weighted by Gasteiger charge is 2.39. The lowest BCUT2D eigenvalue weighted by Gasteiger charge is -2.36. The molecule has 14 heavy (non-hydrogen) atoms. The topological polar surface area (TPSA) is 20.2 Å². The lowest BCUT2D eigenvalue weighted by atomic mass is 9.84. The largest absolute Gasteiger partial charge is 0.383 e. The number of thiophene rings is 1. The number of hydrogen-bond acceptors (Lipinski definition) is 2. The zero-order valence-corrected chi connectivity index (χ0v) is 10.8. The van der Waals surface area contributed by atoms with Crippen LogP contribution in [0.25, 0.3) is 0 Å². The lowest BCUT2D eigenvalue weighted by molar-refractivity contribution is 0.0117. The fraction of sp³-hybridized carbons (Fsp3) is 0.600. The molecule has 0 saturated heterocycles. The van der Waals surface area contributed by atoms with Crippen molar-refractivity contribution in [3.05, 3.63) is 21.3 Å². The minimum absolute atomic E-state index is 0.165. The summed E-state index contributed by atoms with van der Waals surface area (Å²) in [6, 6.07) is 3.79. The Morgan fingerprint density at radius 1 is 1.50 bits per heavy atom. The van der Waals surface area contributed by atoms with Gasteiger partial charge >= 0.3 is 0 Å². The first-order valence-corrected chi connectivity index (χ1v) is 6.86. The summed E-state index contributed by atoms with van der Waals surface area (Å²) in [6.45, 7) is 0. The van der Waals surface area contributed by atoms with Crippen LogP contribution < -0.4 is 0 Å². The Hall–Kier alpha value is 0.430. The highest BCUT2D eigenvalue weighted by atomic mass is 79.9. The van der Waals surface area contributed by atoms with E-state index in [0.717, 1.165) is 28.5 Å². The van der Waals surface area contributed by atoms with Crippen LogP contribution in [0.15, 0.2) is 12.1 Å². The summed E-state index contributed by atoms with van der Waals surface area (Å²) in [7, 11) is 0. The van der Waals surface area contributed by atoms with Gasteiger partial charge in [-0.1, -0.05) is 40.4 Å². The van der Waals surface area contributed by atoms with Crippen LogP contribution in [0.2, 0.25) is 4.34 Å². The standard InChI is InChI=1S/C10H12BrClOS/c11-7-3-1-2-6-10(7,13)8-4-5-9(12)14-8/h4-5,7,13H,1-3,6H2/t7-,10-/m0/s1. The van der Waals surface area contributed by atoms with Crippen molar-refractivity contribution in [3.63, 3.8) is 0 Å². The number of rotatable bonds is 1. The molecule has 0 spiro atoms. The van der Waals surface area contributed by atoms with Crippen molar-refractivity contribution < 1.29 is 5.11 Å². The van der Waals surface area contributed by atoms with Gasteiger partial charge in [0.15, 0.2) is 0 Å². The van der Waals surface area contributed by atoms with Crippen molar-refractivity contribution in [1.29, 1.82) is 0 Å². The van der Waals surface area contributed by atoms with Crippen LogP contribution in [0.5, 0.6) is 0 Å². The first kappa shape index (κ1) is 10.9. The van der Waals surface area contributed by atoms with Crippen molar-refractivity contribution in [2.75, 3.05) is 0 Å². The first-order valence-electron chi connectivity index (χ1n) is 4.75. The molecule has 2 atom stereocenters. The molecule has 2 rings (SSSR count). The molecule has 1 nitrogen and oxygen atoms in total. The smallest absolute Gasteiger partial charge is 0.111 e. The second-order valence-electron chi connectivity index (χ2n) is 3.74. The molecule has 78 valence electrons. The summed E-state index contributed by atoms with van der Waals surface area (Å²) >= 11 is 10.9. The van der Waals surface area contributed by atoms with Crippen molar-refractivity contribution in [1.82, 2.24) is 0 Å². The Morgan fingerprint density at radius 3 is 2.86 bits per heavy atom. The SMILES string of the molecule is O[C@@]1(c2ccc(Cl)s2)CCCC[C@@H]1Br. The van der Waals surface area contributed by atoms with Crippen LogP contribution in [0.1, 0.15) is 30.6 Å². The Morgan fingerprint density at radius 2 is 2.29 bits per heavy atom. The molecule has 4 heteroatoms. The average molecular weight is 296 g/mol. The van der Waals surface area contributed by atoms with Gasteiger partial charge in [-0.05, 0) is 25.0 Å². The maximum absolute atomic E-state index is 10.5. The zero-order chi connectivity index (χ0) is 10.2. The summed E-state index contributed by atoms with van der Waals surface area (Å²) in [5.41, 5.74) is -0.698. The molecule has 1 fully saturated rings. The molecule has 0 unspecified atom stereocenters. The summed E-state index contributed by atoms with van der Waals surface area (Å²) in [5.74, 6) is 0. The van der Waals surface area contributed by atoms with Gasteiger partial charge in [-0.3, -0.25) is 0 Å². The van der Waals surface area contributed by atoms with E-state index in [1.54, 1.807) is 0 Å². The molecule has 0 aromatic carbocycles. The summed E-state index contributed by atoms with van der Waals surface area (Å²) < 4.78 is 0.749. The van der Waals surface area contributed by atoms with Gasteiger partial charge in [0.05, 0.1) is 4.34 Å². The van der Waals surface area contributed by atoms with E-state index >= 15 is 0 Å². The number of aliphatic hydroxyl groups is 1. The molecular formula is C10H12BrClOS. The van der Waals surface area contributed by atoms with Gasteiger partial charge in [0.1, 0.15) is 5.60 Å². The summed E-state index contributed by atoms with van der Waals surface area (Å²) in [4.78, 5) is 1.16. The third-order valence-electron chi connectivity index (χ3n) is 2.78. The van der Waals surface area contributed by atoms with Crippen LogP contribution in [0, 0.1) is 0 Å². The van der Waals surface area contributed by atoms with Gasteiger partial charge in [-0.2, -0.15) is 0 Å². The Balaban J connectivity index is 2.29.